The zero-order valence-corrected chi connectivity index (χ0v) is 14.7. The lowest BCUT2D eigenvalue weighted by molar-refractivity contribution is -0.148. The standard InChI is InChI=1S/C17H16F6N4O/c1-9(4-10-6-12(19)13(20)7-11(10)18)5-15(28)26-2-3-27-14(8-26)24-25-16(27)17(21,22)23/h6-7,9H,2-5,8H2,1H3/t9-/m1/s1. The minimum atomic E-state index is -4.62. The Hall–Kier alpha value is -2.59. The molecule has 1 aromatic heterocycles. The minimum Gasteiger partial charge on any atom is -0.333 e. The van der Waals surface area contributed by atoms with Gasteiger partial charge in [0, 0.05) is 25.6 Å². The van der Waals surface area contributed by atoms with Crippen LogP contribution in [0.25, 0.3) is 0 Å². The minimum absolute atomic E-state index is 0.0109. The van der Waals surface area contributed by atoms with Crippen LogP contribution in [0.1, 0.15) is 30.6 Å². The van der Waals surface area contributed by atoms with E-state index >= 15 is 0 Å². The maximum atomic E-state index is 13.7. The number of hydrogen-bond donors (Lipinski definition) is 0. The van der Waals surface area contributed by atoms with E-state index in [1.807, 2.05) is 0 Å². The van der Waals surface area contributed by atoms with Gasteiger partial charge in [0.1, 0.15) is 5.82 Å². The highest BCUT2D eigenvalue weighted by Gasteiger charge is 2.39. The van der Waals surface area contributed by atoms with Gasteiger partial charge in [-0.3, -0.25) is 4.79 Å². The van der Waals surface area contributed by atoms with E-state index in [0.29, 0.717) is 6.07 Å². The number of rotatable bonds is 4. The molecule has 1 atom stereocenters. The Kier molecular flexibility index (Phi) is 5.35. The third-order valence-electron chi connectivity index (χ3n) is 4.54. The maximum absolute atomic E-state index is 13.7. The van der Waals surface area contributed by atoms with Crippen molar-refractivity contribution < 1.29 is 31.1 Å². The lowest BCUT2D eigenvalue weighted by Gasteiger charge is -2.29. The van der Waals surface area contributed by atoms with E-state index in [1.54, 1.807) is 6.92 Å². The number of hydrogen-bond acceptors (Lipinski definition) is 3. The second-order valence-electron chi connectivity index (χ2n) is 6.78. The molecule has 11 heteroatoms. The van der Waals surface area contributed by atoms with Crippen LogP contribution in [0.4, 0.5) is 26.3 Å². The van der Waals surface area contributed by atoms with Crippen LogP contribution in [0.5, 0.6) is 0 Å². The number of nitrogens with zero attached hydrogens (tertiary/aromatic N) is 4. The molecule has 28 heavy (non-hydrogen) atoms. The van der Waals surface area contributed by atoms with Crippen LogP contribution in [0.3, 0.4) is 0 Å². The zero-order chi connectivity index (χ0) is 20.6. The molecular formula is C17H16F6N4O. The molecule has 0 spiro atoms. The smallest absolute Gasteiger partial charge is 0.333 e. The summed E-state index contributed by atoms with van der Waals surface area (Å²) in [7, 11) is 0. The summed E-state index contributed by atoms with van der Waals surface area (Å²) >= 11 is 0. The van der Waals surface area contributed by atoms with Gasteiger partial charge in [-0.15, -0.1) is 10.2 Å². The van der Waals surface area contributed by atoms with E-state index in [1.165, 1.54) is 4.90 Å². The first-order chi connectivity index (χ1) is 13.1. The van der Waals surface area contributed by atoms with Crippen LogP contribution < -0.4 is 0 Å². The average Bonchev–Trinajstić information content (AvgIpc) is 3.03. The third kappa shape index (κ3) is 4.12. The fraction of sp³-hybridized carbons (Fsp3) is 0.471. The molecule has 0 radical (unpaired) electrons. The van der Waals surface area contributed by atoms with Gasteiger partial charge in [-0.25, -0.2) is 13.2 Å². The molecule has 0 aliphatic carbocycles. The molecule has 0 bridgehead atoms. The van der Waals surface area contributed by atoms with Crippen molar-refractivity contribution in [2.75, 3.05) is 6.54 Å². The number of amides is 1. The van der Waals surface area contributed by atoms with Crippen molar-refractivity contribution in [1.82, 2.24) is 19.7 Å². The van der Waals surface area contributed by atoms with Gasteiger partial charge < -0.3 is 9.47 Å². The third-order valence-corrected chi connectivity index (χ3v) is 4.54. The molecule has 0 saturated heterocycles. The second kappa shape index (κ2) is 7.44. The second-order valence-corrected chi connectivity index (χ2v) is 6.78. The predicted octanol–water partition coefficient (Wildman–Crippen LogP) is 3.33. The molecule has 5 nitrogen and oxygen atoms in total. The molecule has 0 saturated carbocycles. The van der Waals surface area contributed by atoms with Crippen molar-refractivity contribution in [2.45, 2.75) is 39.0 Å². The number of alkyl halides is 3. The van der Waals surface area contributed by atoms with Gasteiger partial charge in [-0.1, -0.05) is 6.92 Å². The van der Waals surface area contributed by atoms with Crippen LogP contribution in [0.2, 0.25) is 0 Å². The fourth-order valence-corrected chi connectivity index (χ4v) is 3.18. The van der Waals surface area contributed by atoms with Crippen LogP contribution in [-0.4, -0.2) is 32.1 Å². The number of benzene rings is 1. The van der Waals surface area contributed by atoms with E-state index in [2.05, 4.69) is 10.2 Å². The molecular weight excluding hydrogens is 390 g/mol. The Morgan fingerprint density at radius 1 is 1.11 bits per heavy atom. The van der Waals surface area contributed by atoms with Crippen LogP contribution in [-0.2, 0) is 30.5 Å². The number of carbonyl (C=O) groups is 1. The van der Waals surface area contributed by atoms with Crippen LogP contribution >= 0.6 is 0 Å². The summed E-state index contributed by atoms with van der Waals surface area (Å²) in [6.45, 7) is 1.50. The quantitative estimate of drug-likeness (QED) is 0.578. The number of fused-ring (bicyclic) bond motifs is 1. The Morgan fingerprint density at radius 2 is 1.79 bits per heavy atom. The molecule has 2 aromatic rings. The Balaban J connectivity index is 1.63. The Bertz CT molecular complexity index is 895. The van der Waals surface area contributed by atoms with Gasteiger partial charge >= 0.3 is 6.18 Å². The van der Waals surface area contributed by atoms with E-state index in [-0.39, 0.29) is 49.8 Å². The van der Waals surface area contributed by atoms with Crippen molar-refractivity contribution in [3.8, 4) is 0 Å². The summed E-state index contributed by atoms with van der Waals surface area (Å²) in [4.78, 5) is 13.8. The van der Waals surface area contributed by atoms with Crippen molar-refractivity contribution in [3.63, 3.8) is 0 Å². The van der Waals surface area contributed by atoms with Gasteiger partial charge in [0.15, 0.2) is 17.5 Å². The lowest BCUT2D eigenvalue weighted by atomic mass is 9.96. The highest BCUT2D eigenvalue weighted by atomic mass is 19.4. The predicted molar refractivity (Wildman–Crippen MR) is 84.2 cm³/mol. The summed E-state index contributed by atoms with van der Waals surface area (Å²) in [5.41, 5.74) is -0.0487. The first kappa shape index (κ1) is 20.2. The summed E-state index contributed by atoms with van der Waals surface area (Å²) < 4.78 is 79.5. The fourth-order valence-electron chi connectivity index (χ4n) is 3.18. The van der Waals surface area contributed by atoms with E-state index in [4.69, 9.17) is 0 Å². The monoisotopic (exact) mass is 406 g/mol. The molecule has 0 N–H and O–H groups in total. The van der Waals surface area contributed by atoms with Gasteiger partial charge in [0.25, 0.3) is 0 Å². The molecule has 1 amide bonds. The molecule has 3 rings (SSSR count). The van der Waals surface area contributed by atoms with E-state index in [9.17, 15) is 31.1 Å². The number of halogens is 6. The normalized spacial score (nSPS) is 15.5. The van der Waals surface area contributed by atoms with E-state index in [0.717, 1.165) is 10.6 Å². The molecule has 2 heterocycles. The summed E-state index contributed by atoms with van der Waals surface area (Å²) in [6, 6.07) is 1.21. The number of aromatic nitrogens is 3. The average molecular weight is 406 g/mol. The van der Waals surface area contributed by atoms with Gasteiger partial charge in [-0.2, -0.15) is 13.2 Å². The Morgan fingerprint density at radius 3 is 2.46 bits per heavy atom. The molecule has 1 aliphatic heterocycles. The molecule has 1 aromatic carbocycles. The maximum Gasteiger partial charge on any atom is 0.451 e. The topological polar surface area (TPSA) is 51.0 Å². The molecule has 0 unspecified atom stereocenters. The first-order valence-corrected chi connectivity index (χ1v) is 8.46. The molecule has 1 aliphatic rings. The van der Waals surface area contributed by atoms with Crippen molar-refractivity contribution >= 4 is 5.91 Å². The summed E-state index contributed by atoms with van der Waals surface area (Å²) in [5, 5.41) is 6.65. The van der Waals surface area contributed by atoms with Crippen molar-refractivity contribution in [3.05, 3.63) is 46.8 Å². The van der Waals surface area contributed by atoms with Crippen molar-refractivity contribution in [2.24, 2.45) is 5.92 Å². The van der Waals surface area contributed by atoms with Gasteiger partial charge in [-0.05, 0) is 24.0 Å². The lowest BCUT2D eigenvalue weighted by Crippen LogP contribution is -2.40. The van der Waals surface area contributed by atoms with Crippen molar-refractivity contribution in [1.29, 1.82) is 0 Å². The van der Waals surface area contributed by atoms with E-state index < -0.39 is 35.4 Å². The van der Waals surface area contributed by atoms with Crippen LogP contribution in [0, 0.1) is 23.4 Å². The van der Waals surface area contributed by atoms with Gasteiger partial charge in [0.05, 0.1) is 6.54 Å². The molecule has 152 valence electrons. The van der Waals surface area contributed by atoms with Gasteiger partial charge in [0.2, 0.25) is 11.7 Å². The first-order valence-electron chi connectivity index (χ1n) is 8.46. The summed E-state index contributed by atoms with van der Waals surface area (Å²) in [5.74, 6) is -5.17. The highest BCUT2D eigenvalue weighted by molar-refractivity contribution is 5.76. The van der Waals surface area contributed by atoms with Crippen LogP contribution in [0.15, 0.2) is 12.1 Å². The SMILES string of the molecule is C[C@@H](CC(=O)N1CCn2c(nnc2C(F)(F)F)C1)Cc1cc(F)c(F)cc1F. The molecule has 0 fully saturated rings. The largest absolute Gasteiger partial charge is 0.451 e. The Labute approximate surface area is 156 Å². The summed E-state index contributed by atoms with van der Waals surface area (Å²) in [6.07, 6.45) is -4.64. The number of carbonyl (C=O) groups excluding carboxylic acids is 1. The zero-order valence-electron chi connectivity index (χ0n) is 14.7. The highest BCUT2D eigenvalue weighted by Crippen LogP contribution is 2.29.